The number of nitrogens with zero attached hydrogens (tertiary/aromatic N) is 3. The Kier molecular flexibility index (Phi) is 3.47. The van der Waals surface area contributed by atoms with Crippen molar-refractivity contribution >= 4 is 5.91 Å². The zero-order valence-electron chi connectivity index (χ0n) is 11.2. The molecule has 2 aromatic rings. The van der Waals surface area contributed by atoms with Crippen molar-refractivity contribution in [3.8, 4) is 5.69 Å². The van der Waals surface area contributed by atoms with Gasteiger partial charge in [0.25, 0.3) is 5.91 Å². The number of pyridine rings is 1. The molecule has 1 aliphatic rings. The number of carbonyl (C=O) groups excluding carboxylic acids is 1. The van der Waals surface area contributed by atoms with Crippen LogP contribution in [0.4, 0.5) is 0 Å². The molecule has 1 fully saturated rings. The number of hydrogen-bond acceptors (Lipinski definition) is 4. The highest BCUT2D eigenvalue weighted by Gasteiger charge is 2.26. The van der Waals surface area contributed by atoms with E-state index in [0.717, 1.165) is 12.1 Å². The number of amides is 1. The molecule has 1 aliphatic heterocycles. The van der Waals surface area contributed by atoms with Gasteiger partial charge in [-0.15, -0.1) is 0 Å². The molecule has 104 valence electrons. The summed E-state index contributed by atoms with van der Waals surface area (Å²) in [5.41, 5.74) is 1.26. The Balaban J connectivity index is 1.76. The molecule has 3 heterocycles. The van der Waals surface area contributed by atoms with Gasteiger partial charge >= 0.3 is 0 Å². The minimum absolute atomic E-state index is 0.0516. The topological polar surface area (TPSA) is 69.0 Å². The van der Waals surface area contributed by atoms with Gasteiger partial charge in [0, 0.05) is 25.2 Å². The van der Waals surface area contributed by atoms with Crippen molar-refractivity contribution in [2.75, 3.05) is 6.61 Å². The predicted octanol–water partition coefficient (Wildman–Crippen LogP) is 1.17. The third-order valence-electron chi connectivity index (χ3n) is 3.47. The third kappa shape index (κ3) is 2.55. The maximum atomic E-state index is 12.2. The monoisotopic (exact) mass is 272 g/mol. The summed E-state index contributed by atoms with van der Waals surface area (Å²) >= 11 is 0. The summed E-state index contributed by atoms with van der Waals surface area (Å²) in [7, 11) is 0. The smallest absolute Gasteiger partial charge is 0.270 e. The van der Waals surface area contributed by atoms with Crippen molar-refractivity contribution in [3.63, 3.8) is 0 Å². The molecule has 20 heavy (non-hydrogen) atoms. The minimum Gasteiger partial charge on any atom is -0.376 e. The first-order valence-electron chi connectivity index (χ1n) is 6.61. The number of imidazole rings is 1. The first-order valence-corrected chi connectivity index (χ1v) is 6.61. The molecule has 0 spiro atoms. The summed E-state index contributed by atoms with van der Waals surface area (Å²) in [6, 6.07) is 3.64. The standard InChI is InChI=1S/C14H16N4O2/c1-10-12(3-7-20-10)17-14(19)13-8-11(2-4-16-13)18-6-5-15-9-18/h2,4-6,8-10,12H,3,7H2,1H3,(H,17,19). The number of ether oxygens (including phenoxy) is 1. The Morgan fingerprint density at radius 3 is 3.10 bits per heavy atom. The van der Waals surface area contributed by atoms with Gasteiger partial charge in [0.15, 0.2) is 0 Å². The molecular formula is C14H16N4O2. The molecule has 1 N–H and O–H groups in total. The fourth-order valence-corrected chi connectivity index (χ4v) is 2.28. The molecule has 1 amide bonds. The Morgan fingerprint density at radius 1 is 1.50 bits per heavy atom. The van der Waals surface area contributed by atoms with Crippen molar-refractivity contribution in [1.82, 2.24) is 19.9 Å². The zero-order chi connectivity index (χ0) is 13.9. The van der Waals surface area contributed by atoms with Gasteiger partial charge in [0.2, 0.25) is 0 Å². The van der Waals surface area contributed by atoms with Gasteiger partial charge in [0.1, 0.15) is 5.69 Å². The molecule has 2 aromatic heterocycles. The number of aromatic nitrogens is 3. The van der Waals surface area contributed by atoms with Crippen LogP contribution < -0.4 is 5.32 Å². The van der Waals surface area contributed by atoms with E-state index in [2.05, 4.69) is 15.3 Å². The lowest BCUT2D eigenvalue weighted by atomic mass is 10.1. The van der Waals surface area contributed by atoms with Crippen LogP contribution >= 0.6 is 0 Å². The molecule has 0 bridgehead atoms. The van der Waals surface area contributed by atoms with Crippen molar-refractivity contribution in [2.24, 2.45) is 0 Å². The van der Waals surface area contributed by atoms with E-state index in [0.29, 0.717) is 12.3 Å². The molecule has 0 saturated carbocycles. The van der Waals surface area contributed by atoms with Crippen LogP contribution in [0.3, 0.4) is 0 Å². The lowest BCUT2D eigenvalue weighted by Gasteiger charge is -2.15. The molecule has 0 aliphatic carbocycles. The van der Waals surface area contributed by atoms with E-state index in [1.54, 1.807) is 24.8 Å². The van der Waals surface area contributed by atoms with Gasteiger partial charge in [-0.05, 0) is 25.5 Å². The van der Waals surface area contributed by atoms with E-state index < -0.39 is 0 Å². The summed E-state index contributed by atoms with van der Waals surface area (Å²) in [4.78, 5) is 20.3. The molecule has 6 heteroatoms. The first kappa shape index (κ1) is 12.8. The minimum atomic E-state index is -0.172. The summed E-state index contributed by atoms with van der Waals surface area (Å²) in [6.45, 7) is 2.65. The maximum Gasteiger partial charge on any atom is 0.270 e. The quantitative estimate of drug-likeness (QED) is 0.910. The van der Waals surface area contributed by atoms with Crippen LogP contribution in [-0.4, -0.2) is 39.2 Å². The van der Waals surface area contributed by atoms with Gasteiger partial charge in [-0.1, -0.05) is 0 Å². The molecule has 3 rings (SSSR count). The van der Waals surface area contributed by atoms with Gasteiger partial charge in [-0.2, -0.15) is 0 Å². The van der Waals surface area contributed by atoms with Crippen LogP contribution in [-0.2, 0) is 4.74 Å². The average Bonchev–Trinajstić information content (AvgIpc) is 3.12. The Morgan fingerprint density at radius 2 is 2.40 bits per heavy atom. The largest absolute Gasteiger partial charge is 0.376 e. The second-order valence-corrected chi connectivity index (χ2v) is 4.81. The normalized spacial score (nSPS) is 21.9. The van der Waals surface area contributed by atoms with Gasteiger partial charge < -0.3 is 14.6 Å². The fraction of sp³-hybridized carbons (Fsp3) is 0.357. The summed E-state index contributed by atoms with van der Waals surface area (Å²) in [6.07, 6.45) is 7.72. The first-order chi connectivity index (χ1) is 9.74. The molecular weight excluding hydrogens is 256 g/mol. The van der Waals surface area contributed by atoms with E-state index in [9.17, 15) is 4.79 Å². The van der Waals surface area contributed by atoms with Gasteiger partial charge in [0.05, 0.1) is 24.2 Å². The van der Waals surface area contributed by atoms with Crippen LogP contribution in [0.15, 0.2) is 37.1 Å². The highest BCUT2D eigenvalue weighted by Crippen LogP contribution is 2.14. The fourth-order valence-electron chi connectivity index (χ4n) is 2.28. The van der Waals surface area contributed by atoms with Gasteiger partial charge in [-0.3, -0.25) is 9.78 Å². The summed E-state index contributed by atoms with van der Waals surface area (Å²) < 4.78 is 7.27. The molecule has 1 saturated heterocycles. The lowest BCUT2D eigenvalue weighted by molar-refractivity contribution is 0.0862. The summed E-state index contributed by atoms with van der Waals surface area (Å²) in [5, 5.41) is 2.97. The Hall–Kier alpha value is -2.21. The van der Waals surface area contributed by atoms with Crippen LogP contribution in [0.2, 0.25) is 0 Å². The van der Waals surface area contributed by atoms with E-state index >= 15 is 0 Å². The van der Waals surface area contributed by atoms with Crippen LogP contribution in [0, 0.1) is 0 Å². The molecule has 0 aromatic carbocycles. The molecule has 2 unspecified atom stereocenters. The van der Waals surface area contributed by atoms with E-state index in [4.69, 9.17) is 4.74 Å². The van der Waals surface area contributed by atoms with E-state index in [-0.39, 0.29) is 18.1 Å². The van der Waals surface area contributed by atoms with Crippen LogP contribution in [0.5, 0.6) is 0 Å². The van der Waals surface area contributed by atoms with Crippen LogP contribution in [0.25, 0.3) is 5.69 Å². The van der Waals surface area contributed by atoms with Crippen molar-refractivity contribution < 1.29 is 9.53 Å². The number of carbonyl (C=O) groups is 1. The third-order valence-corrected chi connectivity index (χ3v) is 3.47. The SMILES string of the molecule is CC1OCCC1NC(=O)c1cc(-n2ccnc2)ccn1. The lowest BCUT2D eigenvalue weighted by Crippen LogP contribution is -2.39. The van der Waals surface area contributed by atoms with Crippen molar-refractivity contribution in [1.29, 1.82) is 0 Å². The molecule has 2 atom stereocenters. The number of rotatable bonds is 3. The predicted molar refractivity (Wildman–Crippen MR) is 72.6 cm³/mol. The second kappa shape index (κ2) is 5.42. The van der Waals surface area contributed by atoms with E-state index in [1.807, 2.05) is 23.8 Å². The molecule has 6 nitrogen and oxygen atoms in total. The highest BCUT2D eigenvalue weighted by atomic mass is 16.5. The molecule has 0 radical (unpaired) electrons. The highest BCUT2D eigenvalue weighted by molar-refractivity contribution is 5.93. The number of nitrogens with one attached hydrogen (secondary N) is 1. The van der Waals surface area contributed by atoms with Crippen molar-refractivity contribution in [2.45, 2.75) is 25.5 Å². The average molecular weight is 272 g/mol. The van der Waals surface area contributed by atoms with Gasteiger partial charge in [-0.25, -0.2) is 4.98 Å². The zero-order valence-corrected chi connectivity index (χ0v) is 11.2. The van der Waals surface area contributed by atoms with Crippen LogP contribution in [0.1, 0.15) is 23.8 Å². The maximum absolute atomic E-state index is 12.2. The number of hydrogen-bond donors (Lipinski definition) is 1. The Labute approximate surface area is 116 Å². The Bertz CT molecular complexity index is 597. The summed E-state index contributed by atoms with van der Waals surface area (Å²) in [5.74, 6) is -0.172. The van der Waals surface area contributed by atoms with Crippen molar-refractivity contribution in [3.05, 3.63) is 42.7 Å². The second-order valence-electron chi connectivity index (χ2n) is 4.81. The van der Waals surface area contributed by atoms with E-state index in [1.165, 1.54) is 0 Å².